The zero-order valence-corrected chi connectivity index (χ0v) is 10.1. The van der Waals surface area contributed by atoms with Crippen LogP contribution >= 0.6 is 0 Å². The van der Waals surface area contributed by atoms with Crippen molar-refractivity contribution in [1.82, 2.24) is 9.55 Å². The van der Waals surface area contributed by atoms with Crippen LogP contribution < -0.4 is 5.73 Å². The van der Waals surface area contributed by atoms with Gasteiger partial charge in [-0.05, 0) is 36.8 Å². The van der Waals surface area contributed by atoms with Crippen molar-refractivity contribution < 1.29 is 0 Å². The Kier molecular flexibility index (Phi) is 2.39. The first kappa shape index (κ1) is 10.4. The maximum atomic E-state index is 5.85. The first-order valence-corrected chi connectivity index (χ1v) is 6.10. The molecule has 3 nitrogen and oxygen atoms in total. The third kappa shape index (κ3) is 2.05. The highest BCUT2D eigenvalue weighted by Crippen LogP contribution is 2.40. The minimum atomic E-state index is 0.597. The minimum Gasteiger partial charge on any atom is -0.369 e. The van der Waals surface area contributed by atoms with Crippen molar-refractivity contribution in [3.63, 3.8) is 0 Å². The average Bonchev–Trinajstić information content (AvgIpc) is 3.13. The van der Waals surface area contributed by atoms with E-state index in [2.05, 4.69) is 29.2 Å². The highest BCUT2D eigenvalue weighted by atomic mass is 15.1. The molecule has 0 aliphatic heterocycles. The molecule has 1 aromatic carbocycles. The monoisotopic (exact) mass is 227 g/mol. The van der Waals surface area contributed by atoms with E-state index in [0.717, 1.165) is 18.2 Å². The van der Waals surface area contributed by atoms with Crippen molar-refractivity contribution >= 4 is 5.95 Å². The first-order valence-electron chi connectivity index (χ1n) is 6.10. The summed E-state index contributed by atoms with van der Waals surface area (Å²) >= 11 is 0. The van der Waals surface area contributed by atoms with E-state index >= 15 is 0 Å². The molecule has 1 fully saturated rings. The van der Waals surface area contributed by atoms with Gasteiger partial charge in [0.2, 0.25) is 5.95 Å². The summed E-state index contributed by atoms with van der Waals surface area (Å²) in [5.41, 5.74) is 9.74. The number of nitrogen functional groups attached to an aromatic ring is 1. The van der Waals surface area contributed by atoms with Crippen molar-refractivity contribution in [2.75, 3.05) is 5.73 Å². The van der Waals surface area contributed by atoms with Crippen molar-refractivity contribution in [1.29, 1.82) is 0 Å². The SMILES string of the molecule is Cc1cnc(N)n1Cc1cccc(C2CC2)c1. The Bertz CT molecular complexity index is 519. The molecule has 1 heterocycles. The highest BCUT2D eigenvalue weighted by Gasteiger charge is 2.23. The molecule has 1 saturated carbocycles. The van der Waals surface area contributed by atoms with E-state index < -0.39 is 0 Å². The lowest BCUT2D eigenvalue weighted by molar-refractivity contribution is 0.781. The third-order valence-corrected chi connectivity index (χ3v) is 3.43. The van der Waals surface area contributed by atoms with Crippen LogP contribution in [0.3, 0.4) is 0 Å². The van der Waals surface area contributed by atoms with Crippen LogP contribution in [0.4, 0.5) is 5.95 Å². The fraction of sp³-hybridized carbons (Fsp3) is 0.357. The zero-order chi connectivity index (χ0) is 11.8. The lowest BCUT2D eigenvalue weighted by Gasteiger charge is -2.09. The van der Waals surface area contributed by atoms with Crippen molar-refractivity contribution in [3.05, 3.63) is 47.3 Å². The summed E-state index contributed by atoms with van der Waals surface area (Å²) in [7, 11) is 0. The molecule has 0 bridgehead atoms. The lowest BCUT2D eigenvalue weighted by Crippen LogP contribution is -2.06. The average molecular weight is 227 g/mol. The summed E-state index contributed by atoms with van der Waals surface area (Å²) in [6.45, 7) is 2.85. The number of nitrogens with two attached hydrogens (primary N) is 1. The molecule has 0 saturated heterocycles. The number of hydrogen-bond donors (Lipinski definition) is 1. The molecule has 2 aromatic rings. The maximum Gasteiger partial charge on any atom is 0.200 e. The Morgan fingerprint density at radius 1 is 1.41 bits per heavy atom. The number of anilines is 1. The largest absolute Gasteiger partial charge is 0.369 e. The second-order valence-electron chi connectivity index (χ2n) is 4.86. The van der Waals surface area contributed by atoms with Crippen LogP contribution in [0, 0.1) is 6.92 Å². The van der Waals surface area contributed by atoms with Crippen LogP contribution in [0.1, 0.15) is 35.6 Å². The number of imidazole rings is 1. The van der Waals surface area contributed by atoms with E-state index in [-0.39, 0.29) is 0 Å². The van der Waals surface area contributed by atoms with E-state index in [1.165, 1.54) is 24.0 Å². The minimum absolute atomic E-state index is 0.597. The molecule has 0 amide bonds. The van der Waals surface area contributed by atoms with Gasteiger partial charge in [0.1, 0.15) is 0 Å². The molecule has 17 heavy (non-hydrogen) atoms. The summed E-state index contributed by atoms with van der Waals surface area (Å²) in [6, 6.07) is 8.83. The zero-order valence-electron chi connectivity index (χ0n) is 10.1. The summed E-state index contributed by atoms with van der Waals surface area (Å²) in [4.78, 5) is 4.12. The maximum absolute atomic E-state index is 5.85. The molecule has 0 radical (unpaired) electrons. The Morgan fingerprint density at radius 2 is 2.24 bits per heavy atom. The predicted octanol–water partition coefficient (Wildman–Crippen LogP) is 2.70. The van der Waals surface area contributed by atoms with Gasteiger partial charge in [0.25, 0.3) is 0 Å². The van der Waals surface area contributed by atoms with Gasteiger partial charge >= 0.3 is 0 Å². The van der Waals surface area contributed by atoms with E-state index in [4.69, 9.17) is 5.73 Å². The van der Waals surface area contributed by atoms with Crippen molar-refractivity contribution in [2.45, 2.75) is 32.2 Å². The van der Waals surface area contributed by atoms with Gasteiger partial charge in [-0.1, -0.05) is 24.3 Å². The number of aryl methyl sites for hydroxylation is 1. The topological polar surface area (TPSA) is 43.8 Å². The van der Waals surface area contributed by atoms with E-state index in [0.29, 0.717) is 5.95 Å². The smallest absolute Gasteiger partial charge is 0.200 e. The molecule has 0 atom stereocenters. The quantitative estimate of drug-likeness (QED) is 0.876. The fourth-order valence-electron chi connectivity index (χ4n) is 2.23. The lowest BCUT2D eigenvalue weighted by atomic mass is 10.1. The molecule has 1 aromatic heterocycles. The number of nitrogens with zero attached hydrogens (tertiary/aromatic N) is 2. The Hall–Kier alpha value is -1.77. The molecule has 1 aliphatic carbocycles. The standard InChI is InChI=1S/C14H17N3/c1-10-8-16-14(15)17(10)9-11-3-2-4-13(7-11)12-5-6-12/h2-4,7-8,12H,5-6,9H2,1H3,(H2,15,16). The Morgan fingerprint density at radius 3 is 2.88 bits per heavy atom. The van der Waals surface area contributed by atoms with Crippen molar-refractivity contribution in [3.8, 4) is 0 Å². The molecule has 2 N–H and O–H groups in total. The van der Waals surface area contributed by atoms with Gasteiger partial charge in [0.15, 0.2) is 0 Å². The summed E-state index contributed by atoms with van der Waals surface area (Å²) < 4.78 is 2.05. The van der Waals surface area contributed by atoms with Gasteiger partial charge < -0.3 is 10.3 Å². The van der Waals surface area contributed by atoms with E-state index in [1.807, 2.05) is 17.7 Å². The molecular weight excluding hydrogens is 210 g/mol. The Labute approximate surface area is 101 Å². The summed E-state index contributed by atoms with van der Waals surface area (Å²) in [6.07, 6.45) is 4.51. The van der Waals surface area contributed by atoms with Crippen LogP contribution in [0.2, 0.25) is 0 Å². The third-order valence-electron chi connectivity index (χ3n) is 3.43. The molecule has 88 valence electrons. The van der Waals surface area contributed by atoms with Gasteiger partial charge in [-0.2, -0.15) is 0 Å². The van der Waals surface area contributed by atoms with Crippen LogP contribution in [0.25, 0.3) is 0 Å². The van der Waals surface area contributed by atoms with Gasteiger partial charge in [0, 0.05) is 5.69 Å². The Balaban J connectivity index is 1.87. The van der Waals surface area contributed by atoms with Gasteiger partial charge in [-0.25, -0.2) is 4.98 Å². The van der Waals surface area contributed by atoms with E-state index in [9.17, 15) is 0 Å². The van der Waals surface area contributed by atoms with Gasteiger partial charge in [-0.3, -0.25) is 0 Å². The highest BCUT2D eigenvalue weighted by molar-refractivity contribution is 5.31. The van der Waals surface area contributed by atoms with E-state index in [1.54, 1.807) is 0 Å². The molecule has 1 aliphatic rings. The van der Waals surface area contributed by atoms with Crippen LogP contribution in [-0.4, -0.2) is 9.55 Å². The number of hydrogen-bond acceptors (Lipinski definition) is 2. The second kappa shape index (κ2) is 3.91. The predicted molar refractivity (Wildman–Crippen MR) is 68.9 cm³/mol. The summed E-state index contributed by atoms with van der Waals surface area (Å²) in [5, 5.41) is 0. The van der Waals surface area contributed by atoms with Gasteiger partial charge in [0.05, 0.1) is 12.7 Å². The number of benzene rings is 1. The van der Waals surface area contributed by atoms with Crippen LogP contribution in [-0.2, 0) is 6.54 Å². The number of aromatic nitrogens is 2. The molecule has 0 spiro atoms. The molecule has 0 unspecified atom stereocenters. The first-order chi connectivity index (χ1) is 8.24. The van der Waals surface area contributed by atoms with Gasteiger partial charge in [-0.15, -0.1) is 0 Å². The summed E-state index contributed by atoms with van der Waals surface area (Å²) in [5.74, 6) is 1.40. The second-order valence-corrected chi connectivity index (χ2v) is 4.86. The fourth-order valence-corrected chi connectivity index (χ4v) is 2.23. The molecular formula is C14H17N3. The number of rotatable bonds is 3. The van der Waals surface area contributed by atoms with Crippen LogP contribution in [0.15, 0.2) is 30.5 Å². The van der Waals surface area contributed by atoms with Crippen molar-refractivity contribution in [2.24, 2.45) is 0 Å². The molecule has 3 rings (SSSR count). The normalized spacial score (nSPS) is 15.1. The van der Waals surface area contributed by atoms with Crippen LogP contribution in [0.5, 0.6) is 0 Å². The molecule has 3 heteroatoms.